The van der Waals surface area contributed by atoms with Crippen molar-refractivity contribution in [1.29, 1.82) is 0 Å². The Morgan fingerprint density at radius 1 is 1.53 bits per heavy atom. The van der Waals surface area contributed by atoms with Crippen molar-refractivity contribution >= 4 is 17.4 Å². The minimum absolute atomic E-state index is 0.0318. The molecule has 1 aromatic rings. The van der Waals surface area contributed by atoms with Crippen LogP contribution in [0.15, 0.2) is 18.3 Å². The number of amides is 1. The first-order valence-corrected chi connectivity index (χ1v) is 6.89. The van der Waals surface area contributed by atoms with Crippen LogP contribution < -0.4 is 10.6 Å². The number of anilines is 2. The van der Waals surface area contributed by atoms with Gasteiger partial charge in [-0.2, -0.15) is 0 Å². The van der Waals surface area contributed by atoms with Crippen molar-refractivity contribution in [3.8, 4) is 0 Å². The summed E-state index contributed by atoms with van der Waals surface area (Å²) in [6, 6.07) is 3.73. The number of ether oxygens (including phenoxy) is 1. The smallest absolute Gasteiger partial charge is 0.224 e. The molecule has 1 amide bonds. The second kappa shape index (κ2) is 7.09. The molecule has 1 aliphatic rings. The van der Waals surface area contributed by atoms with Crippen LogP contribution in [-0.2, 0) is 9.53 Å². The van der Waals surface area contributed by atoms with Gasteiger partial charge in [-0.3, -0.25) is 4.79 Å². The Bertz CT molecular complexity index is 400. The third-order valence-corrected chi connectivity index (χ3v) is 3.06. The summed E-state index contributed by atoms with van der Waals surface area (Å²) in [5.74, 6) is 0.841. The Hall–Kier alpha value is -1.62. The zero-order valence-electron chi connectivity index (χ0n) is 11.3. The molecule has 5 nitrogen and oxygen atoms in total. The van der Waals surface area contributed by atoms with E-state index in [4.69, 9.17) is 4.74 Å². The molecule has 1 unspecified atom stereocenters. The number of aromatic nitrogens is 1. The van der Waals surface area contributed by atoms with E-state index in [1.165, 1.54) is 0 Å². The summed E-state index contributed by atoms with van der Waals surface area (Å²) in [5, 5.41) is 6.06. The van der Waals surface area contributed by atoms with E-state index in [1.807, 2.05) is 19.1 Å². The number of rotatable bonds is 6. The molecule has 1 atom stereocenters. The molecule has 1 aliphatic heterocycles. The van der Waals surface area contributed by atoms with Crippen molar-refractivity contribution in [3.63, 3.8) is 0 Å². The predicted octanol–water partition coefficient (Wildman–Crippen LogP) is 2.41. The van der Waals surface area contributed by atoms with Crippen molar-refractivity contribution in [2.24, 2.45) is 0 Å². The second-order valence-corrected chi connectivity index (χ2v) is 4.75. The van der Waals surface area contributed by atoms with Gasteiger partial charge in [0, 0.05) is 19.6 Å². The van der Waals surface area contributed by atoms with Crippen molar-refractivity contribution < 1.29 is 9.53 Å². The molecular weight excluding hydrogens is 242 g/mol. The molecule has 0 aliphatic carbocycles. The molecule has 104 valence electrons. The largest absolute Gasteiger partial charge is 0.376 e. The van der Waals surface area contributed by atoms with Gasteiger partial charge in [-0.1, -0.05) is 6.92 Å². The van der Waals surface area contributed by atoms with Crippen LogP contribution >= 0.6 is 0 Å². The number of nitrogens with zero attached hydrogens (tertiary/aromatic N) is 1. The Labute approximate surface area is 113 Å². The van der Waals surface area contributed by atoms with Crippen molar-refractivity contribution in [2.45, 2.75) is 38.7 Å². The average Bonchev–Trinajstić information content (AvgIpc) is 2.91. The molecule has 0 spiro atoms. The molecule has 1 saturated heterocycles. The van der Waals surface area contributed by atoms with Crippen LogP contribution in [-0.4, -0.2) is 30.1 Å². The van der Waals surface area contributed by atoms with Crippen molar-refractivity contribution in [3.05, 3.63) is 18.3 Å². The summed E-state index contributed by atoms with van der Waals surface area (Å²) >= 11 is 0. The highest BCUT2D eigenvalue weighted by molar-refractivity contribution is 5.90. The summed E-state index contributed by atoms with van der Waals surface area (Å²) in [5.41, 5.74) is 0.737. The fourth-order valence-corrected chi connectivity index (χ4v) is 2.05. The molecule has 0 radical (unpaired) electrons. The van der Waals surface area contributed by atoms with E-state index in [2.05, 4.69) is 15.6 Å². The van der Waals surface area contributed by atoms with Crippen LogP contribution in [0.3, 0.4) is 0 Å². The number of hydrogen-bond donors (Lipinski definition) is 2. The Morgan fingerprint density at radius 3 is 3.05 bits per heavy atom. The number of pyridine rings is 1. The predicted molar refractivity (Wildman–Crippen MR) is 75.2 cm³/mol. The van der Waals surface area contributed by atoms with Crippen molar-refractivity contribution in [1.82, 2.24) is 4.98 Å². The van der Waals surface area contributed by atoms with Crippen LogP contribution in [0.1, 0.15) is 32.6 Å². The normalized spacial score (nSPS) is 18.3. The van der Waals surface area contributed by atoms with Gasteiger partial charge in [0.1, 0.15) is 5.82 Å². The van der Waals surface area contributed by atoms with E-state index in [1.54, 1.807) is 6.20 Å². The molecule has 2 N–H and O–H groups in total. The fourth-order valence-electron chi connectivity index (χ4n) is 2.05. The molecule has 0 saturated carbocycles. The Balaban J connectivity index is 1.78. The van der Waals surface area contributed by atoms with E-state index < -0.39 is 0 Å². The van der Waals surface area contributed by atoms with E-state index in [9.17, 15) is 4.79 Å². The van der Waals surface area contributed by atoms with Crippen LogP contribution in [0.5, 0.6) is 0 Å². The highest BCUT2D eigenvalue weighted by Crippen LogP contribution is 2.14. The first kappa shape index (κ1) is 13.8. The maximum Gasteiger partial charge on any atom is 0.224 e. The van der Waals surface area contributed by atoms with Crippen LogP contribution in [0, 0.1) is 0 Å². The SMILES string of the molecule is CCCC(=O)Nc1ccc(NCC2CCCO2)nc1. The lowest BCUT2D eigenvalue weighted by Gasteiger charge is -2.11. The third-order valence-electron chi connectivity index (χ3n) is 3.06. The minimum Gasteiger partial charge on any atom is -0.376 e. The molecule has 0 aromatic carbocycles. The second-order valence-electron chi connectivity index (χ2n) is 4.75. The molecule has 2 heterocycles. The van der Waals surface area contributed by atoms with Crippen LogP contribution in [0.4, 0.5) is 11.5 Å². The lowest BCUT2D eigenvalue weighted by atomic mass is 10.2. The highest BCUT2D eigenvalue weighted by atomic mass is 16.5. The zero-order valence-corrected chi connectivity index (χ0v) is 11.3. The lowest BCUT2D eigenvalue weighted by molar-refractivity contribution is -0.116. The van der Waals surface area contributed by atoms with Gasteiger partial charge in [0.2, 0.25) is 5.91 Å². The number of nitrogens with one attached hydrogen (secondary N) is 2. The van der Waals surface area contributed by atoms with Gasteiger partial charge in [0.25, 0.3) is 0 Å². The molecule has 1 aromatic heterocycles. The number of hydrogen-bond acceptors (Lipinski definition) is 4. The van der Waals surface area contributed by atoms with Gasteiger partial charge in [0.15, 0.2) is 0 Å². The Kier molecular flexibility index (Phi) is 5.15. The summed E-state index contributed by atoms with van der Waals surface area (Å²) in [6.07, 6.45) is 5.61. The van der Waals surface area contributed by atoms with Gasteiger partial charge in [-0.05, 0) is 31.4 Å². The topological polar surface area (TPSA) is 63.2 Å². The summed E-state index contributed by atoms with van der Waals surface area (Å²) in [6.45, 7) is 3.63. The summed E-state index contributed by atoms with van der Waals surface area (Å²) in [4.78, 5) is 15.7. The molecule has 2 rings (SSSR count). The third kappa shape index (κ3) is 4.52. The number of carbonyl (C=O) groups is 1. The Morgan fingerprint density at radius 2 is 2.42 bits per heavy atom. The summed E-state index contributed by atoms with van der Waals surface area (Å²) in [7, 11) is 0. The zero-order chi connectivity index (χ0) is 13.5. The van der Waals surface area contributed by atoms with E-state index in [-0.39, 0.29) is 5.91 Å². The molecular formula is C14H21N3O2. The monoisotopic (exact) mass is 263 g/mol. The highest BCUT2D eigenvalue weighted by Gasteiger charge is 2.14. The van der Waals surface area contributed by atoms with E-state index in [0.717, 1.165) is 43.9 Å². The molecule has 5 heteroatoms. The summed E-state index contributed by atoms with van der Waals surface area (Å²) < 4.78 is 5.53. The fraction of sp³-hybridized carbons (Fsp3) is 0.571. The standard InChI is InChI=1S/C14H21N3O2/c1-2-4-14(18)17-11-6-7-13(15-9-11)16-10-12-5-3-8-19-12/h6-7,9,12H,2-5,8,10H2,1H3,(H,15,16)(H,17,18). The van der Waals surface area contributed by atoms with Crippen LogP contribution in [0.25, 0.3) is 0 Å². The maximum atomic E-state index is 11.4. The molecule has 1 fully saturated rings. The average molecular weight is 263 g/mol. The van der Waals surface area contributed by atoms with Crippen molar-refractivity contribution in [2.75, 3.05) is 23.8 Å². The quantitative estimate of drug-likeness (QED) is 0.827. The van der Waals surface area contributed by atoms with Gasteiger partial charge in [0.05, 0.1) is 18.0 Å². The van der Waals surface area contributed by atoms with E-state index >= 15 is 0 Å². The van der Waals surface area contributed by atoms with E-state index in [0.29, 0.717) is 12.5 Å². The lowest BCUT2D eigenvalue weighted by Crippen LogP contribution is -2.19. The first-order valence-electron chi connectivity index (χ1n) is 6.89. The molecule has 19 heavy (non-hydrogen) atoms. The first-order chi connectivity index (χ1) is 9.28. The maximum absolute atomic E-state index is 11.4. The van der Waals surface area contributed by atoms with Gasteiger partial charge in [-0.25, -0.2) is 4.98 Å². The molecule has 0 bridgehead atoms. The number of carbonyl (C=O) groups excluding carboxylic acids is 1. The van der Waals surface area contributed by atoms with Gasteiger partial charge < -0.3 is 15.4 Å². The van der Waals surface area contributed by atoms with Gasteiger partial charge in [-0.15, -0.1) is 0 Å². The minimum atomic E-state index is 0.0318. The van der Waals surface area contributed by atoms with Gasteiger partial charge >= 0.3 is 0 Å². The van der Waals surface area contributed by atoms with Crippen LogP contribution in [0.2, 0.25) is 0 Å².